The summed E-state index contributed by atoms with van der Waals surface area (Å²) in [6, 6.07) is 0. The molecule has 1 aliphatic heterocycles. The van der Waals surface area contributed by atoms with Crippen LogP contribution in [0.3, 0.4) is 0 Å². The molecule has 2 rings (SSSR count). The van der Waals surface area contributed by atoms with Crippen LogP contribution in [0.15, 0.2) is 0 Å². The van der Waals surface area contributed by atoms with Crippen LogP contribution in [-0.4, -0.2) is 12.1 Å². The molecule has 2 fully saturated rings. The predicted molar refractivity (Wildman–Crippen MR) is 70.5 cm³/mol. The molecule has 16 heavy (non-hydrogen) atoms. The normalized spacial score (nSPS) is 46.3. The van der Waals surface area contributed by atoms with E-state index in [9.17, 15) is 0 Å². The van der Waals surface area contributed by atoms with Crippen LogP contribution in [0.25, 0.3) is 0 Å². The number of nitrogens with one attached hydrogen (secondary N) is 1. The van der Waals surface area contributed by atoms with Gasteiger partial charge in [0.05, 0.1) is 0 Å². The molecule has 1 heterocycles. The minimum Gasteiger partial charge on any atom is -0.311 e. The summed E-state index contributed by atoms with van der Waals surface area (Å²) in [5.41, 5.74) is 0.444. The Bertz CT molecular complexity index is 205. The van der Waals surface area contributed by atoms with Crippen molar-refractivity contribution in [1.82, 2.24) is 5.32 Å². The van der Waals surface area contributed by atoms with Gasteiger partial charge in [-0.05, 0) is 63.3 Å². The monoisotopic (exact) mass is 223 g/mol. The Morgan fingerprint density at radius 3 is 2.31 bits per heavy atom. The zero-order chi connectivity index (χ0) is 11.6. The Hall–Kier alpha value is -0.0400. The molecule has 0 aromatic heterocycles. The molecule has 0 radical (unpaired) electrons. The Balaban J connectivity index is 2.02. The van der Waals surface area contributed by atoms with Gasteiger partial charge < -0.3 is 5.32 Å². The maximum absolute atomic E-state index is 3.87. The zero-order valence-corrected chi connectivity index (χ0v) is 11.4. The fourth-order valence-electron chi connectivity index (χ4n) is 4.07. The van der Waals surface area contributed by atoms with E-state index in [1.807, 2.05) is 0 Å². The van der Waals surface area contributed by atoms with E-state index in [4.69, 9.17) is 0 Å². The third-order valence-corrected chi connectivity index (χ3v) is 4.98. The summed E-state index contributed by atoms with van der Waals surface area (Å²) in [6.45, 7) is 8.63. The molecule has 0 bridgehead atoms. The lowest BCUT2D eigenvalue weighted by Gasteiger charge is -2.44. The van der Waals surface area contributed by atoms with Gasteiger partial charge in [0.2, 0.25) is 0 Å². The lowest BCUT2D eigenvalue weighted by atomic mass is 9.67. The molecule has 1 aliphatic carbocycles. The molecule has 0 amide bonds. The Kier molecular flexibility index (Phi) is 3.94. The highest BCUT2D eigenvalue weighted by Crippen LogP contribution is 2.41. The summed E-state index contributed by atoms with van der Waals surface area (Å²) < 4.78 is 0. The summed E-state index contributed by atoms with van der Waals surface area (Å²) >= 11 is 0. The van der Waals surface area contributed by atoms with Gasteiger partial charge in [0.1, 0.15) is 0 Å². The highest BCUT2D eigenvalue weighted by molar-refractivity contribution is 4.95. The fraction of sp³-hybridized carbons (Fsp3) is 1.00. The van der Waals surface area contributed by atoms with Gasteiger partial charge in [-0.1, -0.05) is 26.7 Å². The molecule has 3 unspecified atom stereocenters. The minimum atomic E-state index is 0.444. The van der Waals surface area contributed by atoms with Gasteiger partial charge in [-0.2, -0.15) is 0 Å². The average molecular weight is 223 g/mol. The van der Waals surface area contributed by atoms with Crippen molar-refractivity contribution in [1.29, 1.82) is 0 Å². The lowest BCUT2D eigenvalue weighted by Crippen LogP contribution is -2.50. The highest BCUT2D eigenvalue weighted by Gasteiger charge is 2.38. The maximum atomic E-state index is 3.87. The van der Waals surface area contributed by atoms with Crippen LogP contribution in [0, 0.1) is 17.8 Å². The third-order valence-electron chi connectivity index (χ3n) is 4.98. The van der Waals surface area contributed by atoms with E-state index >= 15 is 0 Å². The maximum Gasteiger partial charge on any atom is 0.0181 e. The first kappa shape index (κ1) is 12.4. The van der Waals surface area contributed by atoms with Gasteiger partial charge in [0.15, 0.2) is 0 Å². The van der Waals surface area contributed by atoms with Crippen LogP contribution < -0.4 is 5.32 Å². The van der Waals surface area contributed by atoms with E-state index in [0.717, 1.165) is 17.8 Å². The third kappa shape index (κ3) is 2.80. The first-order valence-corrected chi connectivity index (χ1v) is 7.35. The average Bonchev–Trinajstić information content (AvgIpc) is 2.43. The molecule has 0 aromatic carbocycles. The van der Waals surface area contributed by atoms with E-state index in [1.54, 1.807) is 0 Å². The van der Waals surface area contributed by atoms with Crippen molar-refractivity contribution in [3.8, 4) is 0 Å². The molecular formula is C15H29N. The summed E-state index contributed by atoms with van der Waals surface area (Å²) in [5.74, 6) is 2.80. The second-order valence-corrected chi connectivity index (χ2v) is 6.77. The molecule has 1 nitrogen and oxygen atoms in total. The van der Waals surface area contributed by atoms with Crippen molar-refractivity contribution in [2.45, 2.75) is 71.3 Å². The second-order valence-electron chi connectivity index (χ2n) is 6.77. The smallest absolute Gasteiger partial charge is 0.0181 e. The largest absolute Gasteiger partial charge is 0.311 e. The van der Waals surface area contributed by atoms with Crippen molar-refractivity contribution in [2.24, 2.45) is 17.8 Å². The molecule has 1 saturated heterocycles. The topological polar surface area (TPSA) is 12.0 Å². The molecular weight excluding hydrogens is 194 g/mol. The standard InChI is InChI=1S/C15H29N/c1-12-9-13(2)11-14(10-12)15(3)7-5-4-6-8-16-15/h12-14,16H,4-11H2,1-3H3. The molecule has 2 aliphatic rings. The van der Waals surface area contributed by atoms with Gasteiger partial charge in [0, 0.05) is 5.54 Å². The first-order chi connectivity index (χ1) is 7.60. The summed E-state index contributed by atoms with van der Waals surface area (Å²) in [7, 11) is 0. The van der Waals surface area contributed by atoms with Crippen molar-refractivity contribution in [2.75, 3.05) is 6.54 Å². The van der Waals surface area contributed by atoms with Gasteiger partial charge in [-0.15, -0.1) is 0 Å². The lowest BCUT2D eigenvalue weighted by molar-refractivity contribution is 0.115. The summed E-state index contributed by atoms with van der Waals surface area (Å²) in [6.07, 6.45) is 10.0. The van der Waals surface area contributed by atoms with Crippen molar-refractivity contribution < 1.29 is 0 Å². The minimum absolute atomic E-state index is 0.444. The van der Waals surface area contributed by atoms with Gasteiger partial charge in [-0.3, -0.25) is 0 Å². The highest BCUT2D eigenvalue weighted by atomic mass is 15.0. The molecule has 94 valence electrons. The molecule has 0 aromatic rings. The Morgan fingerprint density at radius 2 is 1.62 bits per heavy atom. The van der Waals surface area contributed by atoms with Crippen LogP contribution in [0.2, 0.25) is 0 Å². The second kappa shape index (κ2) is 5.08. The first-order valence-electron chi connectivity index (χ1n) is 7.35. The van der Waals surface area contributed by atoms with E-state index in [2.05, 4.69) is 26.1 Å². The van der Waals surface area contributed by atoms with E-state index < -0.39 is 0 Å². The molecule has 1 saturated carbocycles. The Labute approximate surface area is 101 Å². The van der Waals surface area contributed by atoms with Crippen LogP contribution in [0.1, 0.15) is 65.7 Å². The van der Waals surface area contributed by atoms with Crippen LogP contribution >= 0.6 is 0 Å². The van der Waals surface area contributed by atoms with Crippen molar-refractivity contribution >= 4 is 0 Å². The molecule has 3 atom stereocenters. The predicted octanol–water partition coefficient (Wildman–Crippen LogP) is 3.98. The summed E-state index contributed by atoms with van der Waals surface area (Å²) in [4.78, 5) is 0. The van der Waals surface area contributed by atoms with Crippen LogP contribution in [-0.2, 0) is 0 Å². The zero-order valence-electron chi connectivity index (χ0n) is 11.4. The van der Waals surface area contributed by atoms with Gasteiger partial charge >= 0.3 is 0 Å². The van der Waals surface area contributed by atoms with E-state index in [1.165, 1.54) is 51.5 Å². The van der Waals surface area contributed by atoms with E-state index in [-0.39, 0.29) is 0 Å². The quantitative estimate of drug-likeness (QED) is 0.709. The molecule has 1 heteroatoms. The number of hydrogen-bond donors (Lipinski definition) is 1. The SMILES string of the molecule is CC1CC(C)CC(C2(C)CCCCCN2)C1. The van der Waals surface area contributed by atoms with Crippen LogP contribution in [0.4, 0.5) is 0 Å². The molecule has 0 spiro atoms. The fourth-order valence-corrected chi connectivity index (χ4v) is 4.07. The van der Waals surface area contributed by atoms with Gasteiger partial charge in [-0.25, -0.2) is 0 Å². The Morgan fingerprint density at radius 1 is 0.938 bits per heavy atom. The van der Waals surface area contributed by atoms with Gasteiger partial charge in [0.25, 0.3) is 0 Å². The number of rotatable bonds is 1. The van der Waals surface area contributed by atoms with E-state index in [0.29, 0.717) is 5.54 Å². The summed E-state index contributed by atoms with van der Waals surface area (Å²) in [5, 5.41) is 3.87. The van der Waals surface area contributed by atoms with Crippen molar-refractivity contribution in [3.63, 3.8) is 0 Å². The molecule has 1 N–H and O–H groups in total. The van der Waals surface area contributed by atoms with Crippen LogP contribution in [0.5, 0.6) is 0 Å². The van der Waals surface area contributed by atoms with Crippen molar-refractivity contribution in [3.05, 3.63) is 0 Å². The number of hydrogen-bond acceptors (Lipinski definition) is 1.